The van der Waals surface area contributed by atoms with E-state index >= 15 is 0 Å². The average Bonchev–Trinajstić information content (AvgIpc) is 3.43. The number of rotatable bonds is 8. The van der Waals surface area contributed by atoms with Crippen LogP contribution in [0.4, 0.5) is 0 Å². The first-order chi connectivity index (χ1) is 15.1. The molecule has 0 aliphatic rings. The van der Waals surface area contributed by atoms with E-state index in [9.17, 15) is 9.90 Å². The number of benzene rings is 2. The van der Waals surface area contributed by atoms with Crippen LogP contribution in [-0.2, 0) is 13.0 Å². The lowest BCUT2D eigenvalue weighted by atomic mass is 10.2. The van der Waals surface area contributed by atoms with Crippen molar-refractivity contribution in [1.82, 2.24) is 14.8 Å². The summed E-state index contributed by atoms with van der Waals surface area (Å²) in [4.78, 5) is 12.3. The number of ether oxygens (including phenoxy) is 2. The molecule has 2 heterocycles. The quantitative estimate of drug-likeness (QED) is 0.452. The van der Waals surface area contributed by atoms with Crippen molar-refractivity contribution in [3.8, 4) is 28.8 Å². The number of methoxy groups -OCH3 is 1. The molecule has 0 aliphatic carbocycles. The molecule has 158 valence electrons. The number of carbonyl (C=O) groups is 1. The van der Waals surface area contributed by atoms with Gasteiger partial charge in [-0.15, -0.1) is 10.2 Å². The van der Waals surface area contributed by atoms with Crippen molar-refractivity contribution < 1.29 is 23.8 Å². The van der Waals surface area contributed by atoms with Gasteiger partial charge in [0, 0.05) is 18.2 Å². The van der Waals surface area contributed by atoms with Crippen LogP contribution in [0.15, 0.2) is 65.1 Å². The van der Waals surface area contributed by atoms with Crippen LogP contribution in [0.5, 0.6) is 11.5 Å². The Morgan fingerprint density at radius 1 is 1.10 bits per heavy atom. The Bertz CT molecular complexity index is 1180. The fourth-order valence-electron chi connectivity index (χ4n) is 3.19. The van der Waals surface area contributed by atoms with Gasteiger partial charge in [-0.3, -0.25) is 4.57 Å². The molecule has 31 heavy (non-hydrogen) atoms. The third-order valence-electron chi connectivity index (χ3n) is 4.72. The summed E-state index contributed by atoms with van der Waals surface area (Å²) in [5.74, 6) is 0.394. The summed E-state index contributed by atoms with van der Waals surface area (Å²) >= 11 is 0. The molecule has 4 rings (SSSR count). The minimum absolute atomic E-state index is 0.0349. The van der Waals surface area contributed by atoms with E-state index in [1.807, 2.05) is 37.3 Å². The summed E-state index contributed by atoms with van der Waals surface area (Å²) in [6.45, 7) is 2.12. The predicted molar refractivity (Wildman–Crippen MR) is 113 cm³/mol. The Morgan fingerprint density at radius 2 is 1.84 bits per heavy atom. The van der Waals surface area contributed by atoms with Crippen LogP contribution in [0.25, 0.3) is 17.3 Å². The Labute approximate surface area is 178 Å². The first-order valence-electron chi connectivity index (χ1n) is 9.73. The van der Waals surface area contributed by atoms with Gasteiger partial charge in [-0.25, -0.2) is 4.79 Å². The molecule has 8 heteroatoms. The fraction of sp³-hybridized carbons (Fsp3) is 0.174. The topological polar surface area (TPSA) is 99.6 Å². The maximum Gasteiger partial charge on any atom is 0.356 e. The van der Waals surface area contributed by atoms with Crippen LogP contribution in [0, 0.1) is 0 Å². The third-order valence-corrected chi connectivity index (χ3v) is 4.72. The maximum absolute atomic E-state index is 12.3. The second-order valence-electron chi connectivity index (χ2n) is 6.71. The summed E-state index contributed by atoms with van der Waals surface area (Å²) in [6, 6.07) is 18.2. The number of aromatic nitrogens is 3. The van der Waals surface area contributed by atoms with E-state index in [0.717, 1.165) is 5.56 Å². The molecule has 2 aromatic heterocycles. The third kappa shape index (κ3) is 4.13. The van der Waals surface area contributed by atoms with Crippen molar-refractivity contribution in [2.75, 3.05) is 7.11 Å². The van der Waals surface area contributed by atoms with Gasteiger partial charge in [-0.05, 0) is 29.8 Å². The number of aromatic carboxylic acids is 1. The monoisotopic (exact) mass is 419 g/mol. The molecule has 0 aliphatic heterocycles. The molecule has 0 atom stereocenters. The van der Waals surface area contributed by atoms with Gasteiger partial charge < -0.3 is 19.0 Å². The normalized spacial score (nSPS) is 10.8. The fourth-order valence-corrected chi connectivity index (χ4v) is 3.19. The second-order valence-corrected chi connectivity index (χ2v) is 6.71. The molecule has 0 spiro atoms. The zero-order valence-electron chi connectivity index (χ0n) is 17.1. The second kappa shape index (κ2) is 8.74. The summed E-state index contributed by atoms with van der Waals surface area (Å²) in [5, 5.41) is 18.1. The smallest absolute Gasteiger partial charge is 0.356 e. The van der Waals surface area contributed by atoms with Crippen LogP contribution in [-0.4, -0.2) is 33.0 Å². The van der Waals surface area contributed by atoms with Crippen LogP contribution >= 0.6 is 0 Å². The van der Waals surface area contributed by atoms with Gasteiger partial charge in [-0.2, -0.15) is 0 Å². The molecule has 8 nitrogen and oxygen atoms in total. The maximum atomic E-state index is 12.3. The number of aryl methyl sites for hydroxylation is 1. The molecule has 0 fully saturated rings. The highest BCUT2D eigenvalue weighted by Crippen LogP contribution is 2.35. The van der Waals surface area contributed by atoms with Crippen LogP contribution in [0.1, 0.15) is 28.9 Å². The minimum atomic E-state index is -1.14. The summed E-state index contributed by atoms with van der Waals surface area (Å²) in [7, 11) is 1.57. The largest absolute Gasteiger partial charge is 0.497 e. The number of hydrogen-bond donors (Lipinski definition) is 1. The molecule has 1 N–H and O–H groups in total. The minimum Gasteiger partial charge on any atom is -0.497 e. The van der Waals surface area contributed by atoms with Crippen molar-refractivity contribution >= 4 is 5.97 Å². The summed E-state index contributed by atoms with van der Waals surface area (Å²) in [6.07, 6.45) is 0.569. The van der Waals surface area contributed by atoms with Gasteiger partial charge in [-0.1, -0.05) is 37.3 Å². The first kappa shape index (κ1) is 20.2. The van der Waals surface area contributed by atoms with Crippen molar-refractivity contribution in [2.24, 2.45) is 0 Å². The van der Waals surface area contributed by atoms with Gasteiger partial charge >= 0.3 is 5.97 Å². The Balaban J connectivity index is 1.84. The zero-order valence-corrected chi connectivity index (χ0v) is 17.1. The van der Waals surface area contributed by atoms with Crippen LogP contribution < -0.4 is 9.47 Å². The van der Waals surface area contributed by atoms with Crippen molar-refractivity contribution in [3.05, 3.63) is 77.8 Å². The standard InChI is InChI=1S/C23H21N3O5/c1-3-20-24-25-22(31-20)18-13-19(30-14-15-7-5-4-6-8-15)21(23(27)28)26(18)16-9-11-17(29-2)12-10-16/h4-13H,3,14H2,1-2H3,(H,27,28). The average molecular weight is 419 g/mol. The van der Waals surface area contributed by atoms with E-state index in [0.29, 0.717) is 29.4 Å². The highest BCUT2D eigenvalue weighted by atomic mass is 16.5. The van der Waals surface area contributed by atoms with Gasteiger partial charge in [0.05, 0.1) is 7.11 Å². The van der Waals surface area contributed by atoms with Gasteiger partial charge in [0.2, 0.25) is 5.89 Å². The zero-order chi connectivity index (χ0) is 21.8. The molecule has 0 saturated carbocycles. The van der Waals surface area contributed by atoms with E-state index in [4.69, 9.17) is 13.9 Å². The SMILES string of the molecule is CCc1nnc(-c2cc(OCc3ccccc3)c(C(=O)O)n2-c2ccc(OC)cc2)o1. The Morgan fingerprint density at radius 3 is 2.45 bits per heavy atom. The predicted octanol–water partition coefficient (Wildman–Crippen LogP) is 4.38. The summed E-state index contributed by atoms with van der Waals surface area (Å²) < 4.78 is 18.4. The molecular weight excluding hydrogens is 398 g/mol. The first-order valence-corrected chi connectivity index (χ1v) is 9.73. The van der Waals surface area contributed by atoms with Crippen molar-refractivity contribution in [2.45, 2.75) is 20.0 Å². The number of hydrogen-bond acceptors (Lipinski definition) is 6. The van der Waals surface area contributed by atoms with Gasteiger partial charge in [0.15, 0.2) is 11.4 Å². The van der Waals surface area contributed by atoms with Crippen molar-refractivity contribution in [3.63, 3.8) is 0 Å². The molecule has 0 unspecified atom stereocenters. The highest BCUT2D eigenvalue weighted by Gasteiger charge is 2.27. The molecule has 4 aromatic rings. The van der Waals surface area contributed by atoms with Crippen molar-refractivity contribution in [1.29, 1.82) is 0 Å². The lowest BCUT2D eigenvalue weighted by Crippen LogP contribution is -2.10. The number of carboxylic acids is 1. The molecule has 2 aromatic carbocycles. The molecular formula is C23H21N3O5. The lowest BCUT2D eigenvalue weighted by Gasteiger charge is -2.11. The van der Waals surface area contributed by atoms with E-state index in [-0.39, 0.29) is 23.9 Å². The molecule has 0 bridgehead atoms. The van der Waals surface area contributed by atoms with E-state index < -0.39 is 5.97 Å². The van der Waals surface area contributed by atoms with Gasteiger partial charge in [0.1, 0.15) is 18.1 Å². The van der Waals surface area contributed by atoms with E-state index in [1.165, 1.54) is 4.57 Å². The van der Waals surface area contributed by atoms with E-state index in [1.54, 1.807) is 37.4 Å². The summed E-state index contributed by atoms with van der Waals surface area (Å²) in [5.41, 5.74) is 1.91. The van der Waals surface area contributed by atoms with Crippen LogP contribution in [0.3, 0.4) is 0 Å². The highest BCUT2D eigenvalue weighted by molar-refractivity contribution is 5.92. The van der Waals surface area contributed by atoms with Crippen LogP contribution in [0.2, 0.25) is 0 Å². The molecule has 0 saturated heterocycles. The number of nitrogens with zero attached hydrogens (tertiary/aromatic N) is 3. The Hall–Kier alpha value is -4.07. The molecule has 0 radical (unpaired) electrons. The lowest BCUT2D eigenvalue weighted by molar-refractivity contribution is 0.0683. The Kier molecular flexibility index (Phi) is 5.70. The van der Waals surface area contributed by atoms with E-state index in [2.05, 4.69) is 10.2 Å². The van der Waals surface area contributed by atoms with Gasteiger partial charge in [0.25, 0.3) is 5.89 Å². The molecule has 0 amide bonds. The number of carboxylic acid groups (broad SMARTS) is 1.